The van der Waals surface area contributed by atoms with Crippen molar-refractivity contribution < 1.29 is 8.42 Å². The predicted molar refractivity (Wildman–Crippen MR) is 110 cm³/mol. The molecule has 0 spiro atoms. The summed E-state index contributed by atoms with van der Waals surface area (Å²) in [7, 11) is 0.376. The molecule has 0 bridgehead atoms. The van der Waals surface area contributed by atoms with Crippen molar-refractivity contribution in [3.05, 3.63) is 36.4 Å². The minimum Gasteiger partial charge on any atom is -0.377 e. The number of alkyl halides is 1. The van der Waals surface area contributed by atoms with Crippen LogP contribution in [0.15, 0.2) is 41.3 Å². The van der Waals surface area contributed by atoms with Crippen LogP contribution in [0.5, 0.6) is 0 Å². The highest BCUT2D eigenvalue weighted by molar-refractivity contribution is 14.1. The molecule has 0 saturated carbocycles. The lowest BCUT2D eigenvalue weighted by atomic mass is 10.1. The van der Waals surface area contributed by atoms with E-state index in [2.05, 4.69) is 32.6 Å². The van der Waals surface area contributed by atoms with Crippen LogP contribution in [0.1, 0.15) is 6.42 Å². The zero-order valence-electron chi connectivity index (χ0n) is 14.0. The molecule has 0 heterocycles. The largest absolute Gasteiger partial charge is 0.377 e. The fourth-order valence-corrected chi connectivity index (χ4v) is 4.19. The van der Waals surface area contributed by atoms with Gasteiger partial charge in [0, 0.05) is 48.1 Å². The molecule has 0 aromatic heterocycles. The summed E-state index contributed by atoms with van der Waals surface area (Å²) in [6, 6.07) is 11.1. The number of hydrogen-bond acceptors (Lipinski definition) is 4. The predicted octanol–water partition coefficient (Wildman–Crippen LogP) is 2.60. The summed E-state index contributed by atoms with van der Waals surface area (Å²) in [6.07, 6.45) is 1.09. The first-order valence-corrected chi connectivity index (χ1v) is 10.9. The molecule has 0 unspecified atom stereocenters. The lowest BCUT2D eigenvalue weighted by Gasteiger charge is -2.17. The maximum absolute atomic E-state index is 12.7. The smallest absolute Gasteiger partial charge is 0.241 e. The number of sulfonamides is 1. The van der Waals surface area contributed by atoms with E-state index in [1.807, 2.05) is 43.3 Å². The van der Waals surface area contributed by atoms with Crippen molar-refractivity contribution in [3.63, 3.8) is 0 Å². The van der Waals surface area contributed by atoms with Crippen LogP contribution < -0.4 is 14.9 Å². The quantitative estimate of drug-likeness (QED) is 0.343. The summed E-state index contributed by atoms with van der Waals surface area (Å²) in [5, 5.41) is 4.91. The van der Waals surface area contributed by atoms with Gasteiger partial charge in [0.25, 0.3) is 0 Å². The van der Waals surface area contributed by atoms with Gasteiger partial charge < -0.3 is 10.2 Å². The number of benzene rings is 2. The van der Waals surface area contributed by atoms with Gasteiger partial charge in [0.05, 0.1) is 4.90 Å². The second kappa shape index (κ2) is 8.98. The summed E-state index contributed by atoms with van der Waals surface area (Å²) in [5.74, 6) is 0. The lowest BCUT2D eigenvalue weighted by molar-refractivity contribution is 0.576. The Morgan fingerprint density at radius 2 is 1.71 bits per heavy atom. The van der Waals surface area contributed by atoms with Crippen LogP contribution in [-0.2, 0) is 10.0 Å². The van der Waals surface area contributed by atoms with Gasteiger partial charge in [-0.1, -0.05) is 46.9 Å². The Morgan fingerprint density at radius 1 is 1.00 bits per heavy atom. The molecule has 0 fully saturated rings. The number of halogens is 1. The van der Waals surface area contributed by atoms with Crippen LogP contribution in [0.4, 0.5) is 5.69 Å². The monoisotopic (exact) mass is 461 g/mol. The fourth-order valence-electron chi connectivity index (χ4n) is 2.56. The molecule has 2 N–H and O–H groups in total. The van der Waals surface area contributed by atoms with Crippen molar-refractivity contribution in [2.75, 3.05) is 43.1 Å². The van der Waals surface area contributed by atoms with E-state index in [1.165, 1.54) is 0 Å². The third-order valence-electron chi connectivity index (χ3n) is 3.71. The number of rotatable bonds is 9. The van der Waals surface area contributed by atoms with E-state index < -0.39 is 10.0 Å². The van der Waals surface area contributed by atoms with Crippen molar-refractivity contribution in [1.29, 1.82) is 0 Å². The zero-order chi connectivity index (χ0) is 17.6. The van der Waals surface area contributed by atoms with Crippen LogP contribution in [0.2, 0.25) is 0 Å². The second-order valence-electron chi connectivity index (χ2n) is 5.71. The molecule has 7 heteroatoms. The molecule has 0 saturated heterocycles. The Kier molecular flexibility index (Phi) is 7.27. The number of nitrogens with zero attached hydrogens (tertiary/aromatic N) is 1. The Bertz CT molecular complexity index is 778. The van der Waals surface area contributed by atoms with E-state index in [4.69, 9.17) is 0 Å². The fraction of sp³-hybridized carbons (Fsp3) is 0.412. The van der Waals surface area contributed by atoms with Crippen molar-refractivity contribution in [2.24, 2.45) is 0 Å². The van der Waals surface area contributed by atoms with Crippen LogP contribution in [0.25, 0.3) is 10.8 Å². The Labute approximate surface area is 158 Å². The standard InChI is InChI=1S/C17H24IN3O2S/c1-21(2)16-8-3-7-15-14(16)6-4-9-17(15)24(22,23)20-13-12-19-11-5-10-18/h3-4,6-9,19-20H,5,10-13H2,1-2H3. The van der Waals surface area contributed by atoms with Gasteiger partial charge >= 0.3 is 0 Å². The van der Waals surface area contributed by atoms with Crippen LogP contribution >= 0.6 is 22.6 Å². The summed E-state index contributed by atoms with van der Waals surface area (Å²) in [6.45, 7) is 1.92. The third kappa shape index (κ3) is 4.81. The molecule has 0 aliphatic heterocycles. The van der Waals surface area contributed by atoms with Crippen LogP contribution in [0.3, 0.4) is 0 Å². The molecule has 2 aromatic rings. The molecule has 2 rings (SSSR count). The van der Waals surface area contributed by atoms with Gasteiger partial charge in [-0.05, 0) is 25.1 Å². The van der Waals surface area contributed by atoms with E-state index in [0.29, 0.717) is 18.0 Å². The minimum absolute atomic E-state index is 0.330. The first-order chi connectivity index (χ1) is 11.5. The summed E-state index contributed by atoms with van der Waals surface area (Å²) < 4.78 is 29.1. The molecule has 5 nitrogen and oxygen atoms in total. The van der Waals surface area contributed by atoms with Gasteiger partial charge in [-0.15, -0.1) is 0 Å². The van der Waals surface area contributed by atoms with E-state index in [9.17, 15) is 8.42 Å². The number of anilines is 1. The highest BCUT2D eigenvalue weighted by Crippen LogP contribution is 2.29. The van der Waals surface area contributed by atoms with Gasteiger partial charge in [0.15, 0.2) is 0 Å². The molecule has 0 radical (unpaired) electrons. The molecular formula is C17H24IN3O2S. The van der Waals surface area contributed by atoms with Gasteiger partial charge in [0.1, 0.15) is 0 Å². The average Bonchev–Trinajstić information content (AvgIpc) is 2.56. The van der Waals surface area contributed by atoms with E-state index in [-0.39, 0.29) is 0 Å². The summed E-state index contributed by atoms with van der Waals surface area (Å²) in [5.41, 5.74) is 1.00. The molecular weight excluding hydrogens is 437 g/mol. The van der Waals surface area contributed by atoms with Crippen LogP contribution in [0, 0.1) is 0 Å². The van der Waals surface area contributed by atoms with E-state index >= 15 is 0 Å². The minimum atomic E-state index is -3.53. The lowest BCUT2D eigenvalue weighted by Crippen LogP contribution is -2.32. The first kappa shape index (κ1) is 19.4. The molecule has 2 aromatic carbocycles. The van der Waals surface area contributed by atoms with Gasteiger partial charge in [-0.25, -0.2) is 13.1 Å². The zero-order valence-corrected chi connectivity index (χ0v) is 17.0. The first-order valence-electron chi connectivity index (χ1n) is 7.93. The Hall–Kier alpha value is -0.900. The van der Waals surface area contributed by atoms with E-state index in [0.717, 1.165) is 33.9 Å². The van der Waals surface area contributed by atoms with Crippen molar-refractivity contribution in [3.8, 4) is 0 Å². The highest BCUT2D eigenvalue weighted by Gasteiger charge is 2.17. The maximum atomic E-state index is 12.7. The van der Waals surface area contributed by atoms with Crippen LogP contribution in [-0.4, -0.2) is 46.6 Å². The molecule has 132 valence electrons. The molecule has 0 aliphatic rings. The number of nitrogens with one attached hydrogen (secondary N) is 2. The summed E-state index contributed by atoms with van der Waals surface area (Å²) >= 11 is 2.33. The topological polar surface area (TPSA) is 61.4 Å². The molecule has 0 aliphatic carbocycles. The Morgan fingerprint density at radius 3 is 2.42 bits per heavy atom. The highest BCUT2D eigenvalue weighted by atomic mass is 127. The summed E-state index contributed by atoms with van der Waals surface area (Å²) in [4.78, 5) is 2.32. The SMILES string of the molecule is CN(C)c1cccc2c(S(=O)(=O)NCCNCCCI)cccc12. The van der Waals surface area contributed by atoms with Crippen molar-refractivity contribution in [2.45, 2.75) is 11.3 Å². The molecule has 0 amide bonds. The van der Waals surface area contributed by atoms with E-state index in [1.54, 1.807) is 12.1 Å². The van der Waals surface area contributed by atoms with Crippen molar-refractivity contribution >= 4 is 49.1 Å². The van der Waals surface area contributed by atoms with Gasteiger partial charge in [-0.3, -0.25) is 0 Å². The van der Waals surface area contributed by atoms with Gasteiger partial charge in [0.2, 0.25) is 10.0 Å². The second-order valence-corrected chi connectivity index (χ2v) is 8.53. The Balaban J connectivity index is 2.20. The number of hydrogen-bond donors (Lipinski definition) is 2. The molecule has 0 atom stereocenters. The number of fused-ring (bicyclic) bond motifs is 1. The average molecular weight is 461 g/mol. The van der Waals surface area contributed by atoms with Crippen molar-refractivity contribution in [1.82, 2.24) is 10.0 Å². The normalized spacial score (nSPS) is 11.8. The molecule has 24 heavy (non-hydrogen) atoms. The van der Waals surface area contributed by atoms with Gasteiger partial charge in [-0.2, -0.15) is 0 Å². The third-order valence-corrected chi connectivity index (χ3v) is 5.99. The maximum Gasteiger partial charge on any atom is 0.241 e.